The van der Waals surface area contributed by atoms with Crippen molar-refractivity contribution in [2.45, 2.75) is 50.9 Å². The van der Waals surface area contributed by atoms with Crippen molar-refractivity contribution >= 4 is 21.7 Å². The molecule has 142 valence electrons. The molecule has 0 saturated heterocycles. The number of ether oxygens (including phenoxy) is 1. The van der Waals surface area contributed by atoms with E-state index >= 15 is 0 Å². The fraction of sp³-hybridized carbons (Fsp3) is 0.588. The van der Waals surface area contributed by atoms with Crippen LogP contribution in [-0.4, -0.2) is 39.5 Å². The van der Waals surface area contributed by atoms with Gasteiger partial charge in [-0.25, -0.2) is 0 Å². The smallest absolute Gasteiger partial charge is 0.342 e. The standard InChI is InChI=1S/C17H29O6PSi/c1-17(2,3)25(6,7)23-16(21-4)14(18)15(24(19,20)22-5)13-11-9-8-10-12-13/h8-12,15-16H,1-7H3,(H,19,20). The SMILES string of the molecule is COC(O[Si](C)(C)C(C)(C)C)C(=O)C(c1ccccc1)P(=O)(O)OC. The molecular formula is C17H29O6PSi. The molecule has 0 aliphatic heterocycles. The van der Waals surface area contributed by atoms with Gasteiger partial charge < -0.3 is 18.6 Å². The van der Waals surface area contributed by atoms with E-state index in [2.05, 4.69) is 0 Å². The molecule has 1 rings (SSSR count). The Labute approximate surface area is 151 Å². The minimum absolute atomic E-state index is 0.142. The maximum absolute atomic E-state index is 13.0. The topological polar surface area (TPSA) is 82.1 Å². The Morgan fingerprint density at radius 2 is 1.68 bits per heavy atom. The van der Waals surface area contributed by atoms with Crippen LogP contribution in [-0.2, 0) is 23.0 Å². The van der Waals surface area contributed by atoms with Crippen LogP contribution in [0.1, 0.15) is 32.0 Å². The van der Waals surface area contributed by atoms with Crippen LogP contribution in [0.15, 0.2) is 30.3 Å². The molecular weight excluding hydrogens is 359 g/mol. The van der Waals surface area contributed by atoms with Crippen LogP contribution in [0.2, 0.25) is 18.1 Å². The lowest BCUT2D eigenvalue weighted by molar-refractivity contribution is -0.147. The van der Waals surface area contributed by atoms with E-state index in [0.29, 0.717) is 5.56 Å². The van der Waals surface area contributed by atoms with Crippen LogP contribution in [0.25, 0.3) is 0 Å². The molecule has 8 heteroatoms. The minimum atomic E-state index is -4.23. The Hall–Kier alpha value is -0.823. The Bertz CT molecular complexity index is 626. The van der Waals surface area contributed by atoms with Gasteiger partial charge in [0.1, 0.15) is 5.66 Å². The maximum atomic E-state index is 13.0. The summed E-state index contributed by atoms with van der Waals surface area (Å²) in [6, 6.07) is 8.39. The highest BCUT2D eigenvalue weighted by molar-refractivity contribution is 7.54. The van der Waals surface area contributed by atoms with Crippen LogP contribution in [0, 0.1) is 0 Å². The third-order valence-electron chi connectivity index (χ3n) is 4.63. The molecule has 0 spiro atoms. The van der Waals surface area contributed by atoms with Gasteiger partial charge in [-0.15, -0.1) is 0 Å². The van der Waals surface area contributed by atoms with Gasteiger partial charge in [0, 0.05) is 14.2 Å². The van der Waals surface area contributed by atoms with Crippen LogP contribution in [0.5, 0.6) is 0 Å². The summed E-state index contributed by atoms with van der Waals surface area (Å²) in [5.74, 6) is -0.619. The first-order valence-corrected chi connectivity index (χ1v) is 12.6. The summed E-state index contributed by atoms with van der Waals surface area (Å²) in [5.41, 5.74) is -0.977. The second-order valence-electron chi connectivity index (χ2n) is 7.41. The van der Waals surface area contributed by atoms with E-state index in [1.165, 1.54) is 7.11 Å². The minimum Gasteiger partial charge on any atom is -0.387 e. The predicted octanol–water partition coefficient (Wildman–Crippen LogP) is 4.12. The fourth-order valence-electron chi connectivity index (χ4n) is 2.05. The molecule has 3 unspecified atom stereocenters. The van der Waals surface area contributed by atoms with E-state index in [4.69, 9.17) is 13.7 Å². The Balaban J connectivity index is 3.26. The van der Waals surface area contributed by atoms with Gasteiger partial charge in [0.05, 0.1) is 0 Å². The monoisotopic (exact) mass is 388 g/mol. The lowest BCUT2D eigenvalue weighted by Gasteiger charge is -2.39. The average molecular weight is 388 g/mol. The Morgan fingerprint density at radius 3 is 2.08 bits per heavy atom. The van der Waals surface area contributed by atoms with Gasteiger partial charge >= 0.3 is 7.60 Å². The molecule has 0 aliphatic carbocycles. The van der Waals surface area contributed by atoms with Crippen molar-refractivity contribution < 1.29 is 27.9 Å². The molecule has 1 N–H and O–H groups in total. The summed E-state index contributed by atoms with van der Waals surface area (Å²) in [7, 11) is -4.09. The molecule has 0 aromatic heterocycles. The van der Waals surface area contributed by atoms with Gasteiger partial charge in [0.25, 0.3) is 0 Å². The van der Waals surface area contributed by atoms with Crippen molar-refractivity contribution in [3.05, 3.63) is 35.9 Å². The molecule has 3 atom stereocenters. The zero-order valence-electron chi connectivity index (χ0n) is 16.0. The van der Waals surface area contributed by atoms with Gasteiger partial charge in [0.2, 0.25) is 12.1 Å². The van der Waals surface area contributed by atoms with E-state index in [0.717, 1.165) is 7.11 Å². The van der Waals surface area contributed by atoms with E-state index in [-0.39, 0.29) is 5.04 Å². The Kier molecular flexibility index (Phi) is 7.33. The van der Waals surface area contributed by atoms with E-state index in [1.54, 1.807) is 30.3 Å². The zero-order chi connectivity index (χ0) is 19.5. The Morgan fingerprint density at radius 1 is 1.16 bits per heavy atom. The predicted molar refractivity (Wildman–Crippen MR) is 100 cm³/mol. The summed E-state index contributed by atoms with van der Waals surface area (Å²) in [6.07, 6.45) is -1.23. The summed E-state index contributed by atoms with van der Waals surface area (Å²) < 4.78 is 28.6. The van der Waals surface area contributed by atoms with Crippen molar-refractivity contribution in [1.82, 2.24) is 0 Å². The summed E-state index contributed by atoms with van der Waals surface area (Å²) in [6.45, 7) is 10.1. The number of rotatable bonds is 8. The summed E-state index contributed by atoms with van der Waals surface area (Å²) in [5, 5.41) is -0.142. The fourth-order valence-corrected chi connectivity index (χ4v) is 4.35. The summed E-state index contributed by atoms with van der Waals surface area (Å²) in [4.78, 5) is 23.3. The number of ketones is 1. The van der Waals surface area contributed by atoms with Crippen LogP contribution in [0.4, 0.5) is 0 Å². The lowest BCUT2D eigenvalue weighted by atomic mass is 10.1. The molecule has 0 aliphatic rings. The molecule has 0 radical (unpaired) electrons. The van der Waals surface area contributed by atoms with Gasteiger partial charge in [-0.05, 0) is 23.7 Å². The molecule has 0 fully saturated rings. The second kappa shape index (κ2) is 8.25. The van der Waals surface area contributed by atoms with E-state index in [9.17, 15) is 14.3 Å². The van der Waals surface area contributed by atoms with Crippen molar-refractivity contribution in [3.8, 4) is 0 Å². The lowest BCUT2D eigenvalue weighted by Crippen LogP contribution is -2.47. The first-order chi connectivity index (χ1) is 11.4. The maximum Gasteiger partial charge on any atom is 0.342 e. The van der Waals surface area contributed by atoms with Crippen LogP contribution in [0.3, 0.4) is 0 Å². The number of hydrogen-bond donors (Lipinski definition) is 1. The highest BCUT2D eigenvalue weighted by Crippen LogP contribution is 2.57. The molecule has 0 heterocycles. The van der Waals surface area contributed by atoms with E-state index < -0.39 is 33.6 Å². The van der Waals surface area contributed by atoms with Crippen LogP contribution < -0.4 is 0 Å². The second-order valence-corrected chi connectivity index (χ2v) is 14.2. The number of carbonyl (C=O) groups is 1. The largest absolute Gasteiger partial charge is 0.387 e. The number of methoxy groups -OCH3 is 1. The first-order valence-electron chi connectivity index (χ1n) is 8.05. The molecule has 1 aromatic carbocycles. The van der Waals surface area contributed by atoms with Crippen LogP contribution >= 0.6 is 7.60 Å². The van der Waals surface area contributed by atoms with Crippen molar-refractivity contribution in [3.63, 3.8) is 0 Å². The first kappa shape index (κ1) is 22.2. The number of benzene rings is 1. The van der Waals surface area contributed by atoms with Crippen molar-refractivity contribution in [1.29, 1.82) is 0 Å². The van der Waals surface area contributed by atoms with E-state index in [1.807, 2.05) is 33.9 Å². The quantitative estimate of drug-likeness (QED) is 0.410. The van der Waals surface area contributed by atoms with Gasteiger partial charge in [-0.2, -0.15) is 0 Å². The van der Waals surface area contributed by atoms with Gasteiger partial charge in [-0.1, -0.05) is 51.1 Å². The highest BCUT2D eigenvalue weighted by atomic mass is 31.2. The molecule has 6 nitrogen and oxygen atoms in total. The third kappa shape index (κ3) is 5.33. The van der Waals surface area contributed by atoms with Crippen molar-refractivity contribution in [2.24, 2.45) is 0 Å². The summed E-state index contributed by atoms with van der Waals surface area (Å²) >= 11 is 0. The molecule has 0 saturated carbocycles. The molecule has 0 bridgehead atoms. The normalized spacial score (nSPS) is 17.6. The van der Waals surface area contributed by atoms with Crippen molar-refractivity contribution in [2.75, 3.05) is 14.2 Å². The highest BCUT2D eigenvalue weighted by Gasteiger charge is 2.46. The molecule has 0 amide bonds. The average Bonchev–Trinajstić information content (AvgIpc) is 2.52. The van der Waals surface area contributed by atoms with Gasteiger partial charge in [0.15, 0.2) is 8.32 Å². The number of Topliss-reactive ketones (excluding diaryl/α,β-unsaturated/α-hetero) is 1. The van der Waals surface area contributed by atoms with Gasteiger partial charge in [-0.3, -0.25) is 9.36 Å². The third-order valence-corrected chi connectivity index (χ3v) is 10.8. The number of hydrogen-bond acceptors (Lipinski definition) is 5. The molecule has 1 aromatic rings. The zero-order valence-corrected chi connectivity index (χ0v) is 17.9. The molecule has 25 heavy (non-hydrogen) atoms. The number of carbonyl (C=O) groups excluding carboxylic acids is 1.